The number of carbonyl (C=O) groups excluding carboxylic acids is 2. The van der Waals surface area contributed by atoms with Gasteiger partial charge in [0.2, 0.25) is 11.8 Å². The summed E-state index contributed by atoms with van der Waals surface area (Å²) in [6.45, 7) is 7.88. The normalized spacial score (nSPS) is 15.2. The smallest absolute Gasteiger partial charge is 0.246 e. The van der Waals surface area contributed by atoms with Gasteiger partial charge in [-0.05, 0) is 23.8 Å². The average Bonchev–Trinajstić information content (AvgIpc) is 2.64. The van der Waals surface area contributed by atoms with E-state index in [1.54, 1.807) is 23.1 Å². The molecule has 148 valence electrons. The van der Waals surface area contributed by atoms with Crippen LogP contribution < -0.4 is 9.47 Å². The number of amides is 2. The summed E-state index contributed by atoms with van der Waals surface area (Å²) in [5.74, 6) is 0.988. The second-order valence-corrected chi connectivity index (χ2v) is 7.85. The summed E-state index contributed by atoms with van der Waals surface area (Å²) >= 11 is 6.19. The molecule has 2 rings (SSSR count). The molecule has 1 aromatic carbocycles. The Kier molecular flexibility index (Phi) is 6.76. The van der Waals surface area contributed by atoms with Gasteiger partial charge < -0.3 is 19.3 Å². The molecule has 0 N–H and O–H groups in total. The van der Waals surface area contributed by atoms with Crippen molar-refractivity contribution in [2.24, 2.45) is 5.41 Å². The molecule has 27 heavy (non-hydrogen) atoms. The monoisotopic (exact) mass is 394 g/mol. The number of methoxy groups -OCH3 is 2. The molecule has 1 fully saturated rings. The van der Waals surface area contributed by atoms with Crippen LogP contribution in [-0.2, 0) is 9.59 Å². The van der Waals surface area contributed by atoms with Crippen LogP contribution >= 0.6 is 11.6 Å². The minimum Gasteiger partial charge on any atom is -0.493 e. The van der Waals surface area contributed by atoms with Crippen LogP contribution in [0.1, 0.15) is 26.3 Å². The van der Waals surface area contributed by atoms with Gasteiger partial charge in [-0.15, -0.1) is 0 Å². The van der Waals surface area contributed by atoms with E-state index in [1.165, 1.54) is 20.3 Å². The van der Waals surface area contributed by atoms with E-state index in [-0.39, 0.29) is 11.8 Å². The zero-order valence-corrected chi connectivity index (χ0v) is 17.3. The number of rotatable bonds is 4. The Labute approximate surface area is 165 Å². The molecule has 1 saturated heterocycles. The summed E-state index contributed by atoms with van der Waals surface area (Å²) in [5.41, 5.74) is 0.339. The highest BCUT2D eigenvalue weighted by molar-refractivity contribution is 6.32. The molecule has 1 aliphatic rings. The highest BCUT2D eigenvalue weighted by atomic mass is 35.5. The molecule has 7 heteroatoms. The van der Waals surface area contributed by atoms with Crippen LogP contribution in [0.15, 0.2) is 18.2 Å². The molecule has 0 radical (unpaired) electrons. The number of benzene rings is 1. The molecule has 0 atom stereocenters. The van der Waals surface area contributed by atoms with Gasteiger partial charge in [0.25, 0.3) is 0 Å². The van der Waals surface area contributed by atoms with Crippen molar-refractivity contribution in [1.82, 2.24) is 9.80 Å². The van der Waals surface area contributed by atoms with Crippen molar-refractivity contribution >= 4 is 29.5 Å². The van der Waals surface area contributed by atoms with Crippen LogP contribution in [0.2, 0.25) is 5.02 Å². The number of piperazine rings is 1. The number of hydrogen-bond acceptors (Lipinski definition) is 4. The first-order valence-electron chi connectivity index (χ1n) is 8.85. The third-order valence-electron chi connectivity index (χ3n) is 4.39. The van der Waals surface area contributed by atoms with Crippen LogP contribution in [0.4, 0.5) is 0 Å². The van der Waals surface area contributed by atoms with Crippen LogP contribution in [0.25, 0.3) is 6.08 Å². The lowest BCUT2D eigenvalue weighted by atomic mass is 9.94. The second kappa shape index (κ2) is 8.65. The van der Waals surface area contributed by atoms with Crippen LogP contribution in [0.5, 0.6) is 11.5 Å². The van der Waals surface area contributed by atoms with E-state index in [9.17, 15) is 9.59 Å². The highest BCUT2D eigenvalue weighted by Crippen LogP contribution is 2.36. The summed E-state index contributed by atoms with van der Waals surface area (Å²) in [7, 11) is 3.05. The van der Waals surface area contributed by atoms with E-state index >= 15 is 0 Å². The predicted molar refractivity (Wildman–Crippen MR) is 106 cm³/mol. The maximum atomic E-state index is 12.5. The first-order valence-corrected chi connectivity index (χ1v) is 9.23. The Morgan fingerprint density at radius 2 is 1.63 bits per heavy atom. The number of hydrogen-bond donors (Lipinski definition) is 0. The van der Waals surface area contributed by atoms with E-state index in [4.69, 9.17) is 21.1 Å². The van der Waals surface area contributed by atoms with Crippen molar-refractivity contribution < 1.29 is 19.1 Å². The minimum atomic E-state index is -0.404. The molecule has 2 amide bonds. The van der Waals surface area contributed by atoms with Gasteiger partial charge in [-0.2, -0.15) is 0 Å². The molecular weight excluding hydrogens is 368 g/mol. The van der Waals surface area contributed by atoms with Gasteiger partial charge in [0.15, 0.2) is 11.5 Å². The first-order chi connectivity index (χ1) is 12.7. The molecule has 6 nitrogen and oxygen atoms in total. The van der Waals surface area contributed by atoms with Crippen molar-refractivity contribution in [2.45, 2.75) is 20.8 Å². The third kappa shape index (κ3) is 5.16. The number of nitrogens with zero attached hydrogens (tertiary/aromatic N) is 2. The first kappa shape index (κ1) is 21.1. The van der Waals surface area contributed by atoms with Gasteiger partial charge in [0, 0.05) is 37.7 Å². The number of carbonyl (C=O) groups is 2. The largest absolute Gasteiger partial charge is 0.493 e. The Balaban J connectivity index is 2.00. The number of ether oxygens (including phenoxy) is 2. The fraction of sp³-hybridized carbons (Fsp3) is 0.500. The van der Waals surface area contributed by atoms with Crippen LogP contribution in [0, 0.1) is 5.41 Å². The standard InChI is InChI=1S/C20H27ClN2O4/c1-20(2,3)19(25)23-10-8-22(9-11-23)17(24)7-6-14-12-15(21)18(27-5)16(13-14)26-4/h6-7,12-13H,8-11H2,1-5H3/b7-6+. The second-order valence-electron chi connectivity index (χ2n) is 7.44. The van der Waals surface area contributed by atoms with Crippen LogP contribution in [-0.4, -0.2) is 62.0 Å². The predicted octanol–water partition coefficient (Wildman–Crippen LogP) is 3.09. The van der Waals surface area contributed by atoms with E-state index in [1.807, 2.05) is 25.7 Å². The number of halogens is 1. The molecule has 0 unspecified atom stereocenters. The van der Waals surface area contributed by atoms with Crippen molar-refractivity contribution in [3.05, 3.63) is 28.8 Å². The summed E-state index contributed by atoms with van der Waals surface area (Å²) < 4.78 is 10.5. The summed E-state index contributed by atoms with van der Waals surface area (Å²) in [5, 5.41) is 0.415. The average molecular weight is 395 g/mol. The molecule has 1 heterocycles. The molecule has 0 spiro atoms. The van der Waals surface area contributed by atoms with Crippen molar-refractivity contribution in [3.8, 4) is 11.5 Å². The maximum Gasteiger partial charge on any atom is 0.246 e. The minimum absolute atomic E-state index is 0.0937. The van der Waals surface area contributed by atoms with Gasteiger partial charge >= 0.3 is 0 Å². The maximum absolute atomic E-state index is 12.5. The van der Waals surface area contributed by atoms with Crippen molar-refractivity contribution in [2.75, 3.05) is 40.4 Å². The lowest BCUT2D eigenvalue weighted by molar-refractivity contribution is -0.143. The molecule has 0 aliphatic carbocycles. The Morgan fingerprint density at radius 1 is 1.04 bits per heavy atom. The van der Waals surface area contributed by atoms with Gasteiger partial charge in [-0.3, -0.25) is 9.59 Å². The summed E-state index contributed by atoms with van der Waals surface area (Å²) in [6, 6.07) is 3.47. The van der Waals surface area contributed by atoms with Gasteiger partial charge in [-0.1, -0.05) is 32.4 Å². The van der Waals surface area contributed by atoms with Gasteiger partial charge in [-0.25, -0.2) is 0 Å². The third-order valence-corrected chi connectivity index (χ3v) is 4.68. The van der Waals surface area contributed by atoms with Crippen molar-refractivity contribution in [3.63, 3.8) is 0 Å². The van der Waals surface area contributed by atoms with E-state index in [0.717, 1.165) is 5.56 Å². The van der Waals surface area contributed by atoms with E-state index < -0.39 is 5.41 Å². The Hall–Kier alpha value is -2.21. The van der Waals surface area contributed by atoms with E-state index in [0.29, 0.717) is 42.7 Å². The Morgan fingerprint density at radius 3 is 2.15 bits per heavy atom. The quantitative estimate of drug-likeness (QED) is 0.736. The van der Waals surface area contributed by atoms with Gasteiger partial charge in [0.05, 0.1) is 19.2 Å². The lowest BCUT2D eigenvalue weighted by Crippen LogP contribution is -2.52. The van der Waals surface area contributed by atoms with Crippen LogP contribution in [0.3, 0.4) is 0 Å². The zero-order chi connectivity index (χ0) is 20.2. The molecule has 1 aromatic rings. The fourth-order valence-corrected chi connectivity index (χ4v) is 3.21. The SMILES string of the molecule is COc1cc(/C=C/C(=O)N2CCN(C(=O)C(C)(C)C)CC2)cc(Cl)c1OC. The fourth-order valence-electron chi connectivity index (χ4n) is 2.91. The lowest BCUT2D eigenvalue weighted by Gasteiger charge is -2.37. The van der Waals surface area contributed by atoms with Gasteiger partial charge in [0.1, 0.15) is 0 Å². The highest BCUT2D eigenvalue weighted by Gasteiger charge is 2.30. The summed E-state index contributed by atoms with van der Waals surface area (Å²) in [6.07, 6.45) is 3.21. The molecule has 1 aliphatic heterocycles. The molecule has 0 aromatic heterocycles. The molecule has 0 saturated carbocycles. The van der Waals surface area contributed by atoms with E-state index in [2.05, 4.69) is 0 Å². The Bertz CT molecular complexity index is 732. The molecular formula is C20H27ClN2O4. The summed E-state index contributed by atoms with van der Waals surface area (Å²) in [4.78, 5) is 28.3. The zero-order valence-electron chi connectivity index (χ0n) is 16.5. The van der Waals surface area contributed by atoms with Crippen molar-refractivity contribution in [1.29, 1.82) is 0 Å². The molecule has 0 bridgehead atoms. The topological polar surface area (TPSA) is 59.1 Å².